The van der Waals surface area contributed by atoms with Crippen LogP contribution in [-0.2, 0) is 6.54 Å². The Balaban J connectivity index is 2.15. The zero-order valence-corrected chi connectivity index (χ0v) is 14.3. The fraction of sp³-hybridized carbons (Fsp3) is 0.188. The Kier molecular flexibility index (Phi) is 5.59. The molecule has 1 N–H and O–H groups in total. The lowest BCUT2D eigenvalue weighted by Gasteiger charge is -2.12. The van der Waals surface area contributed by atoms with E-state index in [2.05, 4.69) is 27.9 Å². The van der Waals surface area contributed by atoms with E-state index in [0.717, 1.165) is 3.57 Å². The molecule has 116 valence electrons. The summed E-state index contributed by atoms with van der Waals surface area (Å²) in [5, 5.41) is 2.77. The van der Waals surface area contributed by atoms with Crippen molar-refractivity contribution in [1.82, 2.24) is 5.32 Å². The zero-order valence-electron chi connectivity index (χ0n) is 12.2. The van der Waals surface area contributed by atoms with E-state index in [1.165, 1.54) is 26.4 Å². The van der Waals surface area contributed by atoms with Crippen LogP contribution in [0, 0.1) is 9.39 Å². The van der Waals surface area contributed by atoms with Gasteiger partial charge >= 0.3 is 0 Å². The quantitative estimate of drug-likeness (QED) is 0.762. The molecule has 1 amide bonds. The highest BCUT2D eigenvalue weighted by Gasteiger charge is 2.15. The van der Waals surface area contributed by atoms with Crippen molar-refractivity contribution >= 4 is 28.5 Å². The first-order valence-corrected chi connectivity index (χ1v) is 7.57. The van der Waals surface area contributed by atoms with E-state index in [0.29, 0.717) is 22.6 Å². The Morgan fingerprint density at radius 2 is 1.86 bits per heavy atom. The lowest BCUT2D eigenvalue weighted by atomic mass is 10.1. The second-order valence-electron chi connectivity index (χ2n) is 4.50. The molecule has 0 fully saturated rings. The summed E-state index contributed by atoms with van der Waals surface area (Å²) in [6.45, 7) is 0.251. The van der Waals surface area contributed by atoms with E-state index in [9.17, 15) is 9.18 Å². The third-order valence-corrected chi connectivity index (χ3v) is 3.95. The van der Waals surface area contributed by atoms with Crippen molar-refractivity contribution in [1.29, 1.82) is 0 Å². The fourth-order valence-electron chi connectivity index (χ4n) is 1.95. The van der Waals surface area contributed by atoms with Crippen LogP contribution in [0.3, 0.4) is 0 Å². The lowest BCUT2D eigenvalue weighted by molar-refractivity contribution is 0.0949. The van der Waals surface area contributed by atoms with Crippen LogP contribution in [0.5, 0.6) is 11.5 Å². The monoisotopic (exact) mass is 415 g/mol. The van der Waals surface area contributed by atoms with Gasteiger partial charge in [0.05, 0.1) is 19.8 Å². The Morgan fingerprint density at radius 3 is 2.50 bits per heavy atom. The van der Waals surface area contributed by atoms with Crippen LogP contribution < -0.4 is 14.8 Å². The molecule has 4 nitrogen and oxygen atoms in total. The van der Waals surface area contributed by atoms with Crippen LogP contribution in [-0.4, -0.2) is 20.1 Å². The standard InChI is InChI=1S/C16H15FINO3/c1-21-14-7-12(13(18)8-15(14)22-2)16(20)19-9-10-4-3-5-11(17)6-10/h3-8H,9H2,1-2H3,(H,19,20). The first-order chi connectivity index (χ1) is 10.5. The van der Waals surface area contributed by atoms with Crippen molar-refractivity contribution in [3.05, 3.63) is 56.9 Å². The van der Waals surface area contributed by atoms with Crippen molar-refractivity contribution in [3.8, 4) is 11.5 Å². The molecule has 2 aromatic carbocycles. The predicted octanol–water partition coefficient (Wildman–Crippen LogP) is 3.38. The largest absolute Gasteiger partial charge is 0.493 e. The Morgan fingerprint density at radius 1 is 1.18 bits per heavy atom. The average molecular weight is 415 g/mol. The number of nitrogens with one attached hydrogen (secondary N) is 1. The van der Waals surface area contributed by atoms with E-state index in [1.54, 1.807) is 24.3 Å². The molecule has 2 rings (SSSR count). The molecule has 0 aromatic heterocycles. The highest BCUT2D eigenvalue weighted by Crippen LogP contribution is 2.31. The van der Waals surface area contributed by atoms with Gasteiger partial charge in [-0.2, -0.15) is 0 Å². The molecule has 0 spiro atoms. The van der Waals surface area contributed by atoms with Gasteiger partial charge in [-0.05, 0) is 52.4 Å². The van der Waals surface area contributed by atoms with Gasteiger partial charge in [0, 0.05) is 10.1 Å². The molecule has 0 atom stereocenters. The Labute approximate surface area is 141 Å². The molecule has 0 heterocycles. The number of amides is 1. The normalized spacial score (nSPS) is 10.2. The van der Waals surface area contributed by atoms with Crippen LogP contribution in [0.1, 0.15) is 15.9 Å². The summed E-state index contributed by atoms with van der Waals surface area (Å²) in [5.74, 6) is 0.467. The summed E-state index contributed by atoms with van der Waals surface area (Å²) in [6.07, 6.45) is 0. The number of hydrogen-bond donors (Lipinski definition) is 1. The van der Waals surface area contributed by atoms with Crippen molar-refractivity contribution < 1.29 is 18.7 Å². The van der Waals surface area contributed by atoms with Gasteiger partial charge in [-0.25, -0.2) is 4.39 Å². The maximum Gasteiger partial charge on any atom is 0.252 e. The van der Waals surface area contributed by atoms with Gasteiger partial charge in [-0.1, -0.05) is 12.1 Å². The van der Waals surface area contributed by atoms with Crippen molar-refractivity contribution in [3.63, 3.8) is 0 Å². The van der Waals surface area contributed by atoms with Crippen molar-refractivity contribution in [2.75, 3.05) is 14.2 Å². The first kappa shape index (κ1) is 16.5. The van der Waals surface area contributed by atoms with Gasteiger partial charge in [0.15, 0.2) is 11.5 Å². The third-order valence-electron chi connectivity index (χ3n) is 3.06. The summed E-state index contributed by atoms with van der Waals surface area (Å²) in [7, 11) is 3.05. The van der Waals surface area contributed by atoms with E-state index < -0.39 is 0 Å². The molecule has 0 aliphatic rings. The van der Waals surface area contributed by atoms with Gasteiger partial charge in [0.1, 0.15) is 5.82 Å². The number of rotatable bonds is 5. The second kappa shape index (κ2) is 7.44. The number of ether oxygens (including phenoxy) is 2. The molecule has 0 unspecified atom stereocenters. The highest BCUT2D eigenvalue weighted by molar-refractivity contribution is 14.1. The number of carbonyl (C=O) groups is 1. The molecular formula is C16H15FINO3. The van der Waals surface area contributed by atoms with Crippen LogP contribution in [0.15, 0.2) is 36.4 Å². The molecule has 0 saturated heterocycles. The number of hydrogen-bond acceptors (Lipinski definition) is 3. The van der Waals surface area contributed by atoms with E-state index in [-0.39, 0.29) is 18.3 Å². The van der Waals surface area contributed by atoms with Crippen LogP contribution >= 0.6 is 22.6 Å². The minimum atomic E-state index is -0.326. The van der Waals surface area contributed by atoms with Gasteiger partial charge in [-0.3, -0.25) is 4.79 Å². The van der Waals surface area contributed by atoms with Crippen molar-refractivity contribution in [2.45, 2.75) is 6.54 Å². The van der Waals surface area contributed by atoms with E-state index >= 15 is 0 Å². The third kappa shape index (κ3) is 3.88. The van der Waals surface area contributed by atoms with E-state index in [4.69, 9.17) is 9.47 Å². The van der Waals surface area contributed by atoms with Crippen LogP contribution in [0.2, 0.25) is 0 Å². The lowest BCUT2D eigenvalue weighted by Crippen LogP contribution is -2.23. The van der Waals surface area contributed by atoms with Crippen molar-refractivity contribution in [2.24, 2.45) is 0 Å². The summed E-state index contributed by atoms with van der Waals surface area (Å²) in [5.41, 5.74) is 1.18. The summed E-state index contributed by atoms with van der Waals surface area (Å²) in [6, 6.07) is 9.47. The van der Waals surface area contributed by atoms with Gasteiger partial charge in [0.2, 0.25) is 0 Å². The average Bonchev–Trinajstić information content (AvgIpc) is 2.52. The van der Waals surface area contributed by atoms with E-state index in [1.807, 2.05) is 0 Å². The molecule has 0 aliphatic heterocycles. The SMILES string of the molecule is COc1cc(I)c(C(=O)NCc2cccc(F)c2)cc1OC. The summed E-state index contributed by atoms with van der Waals surface area (Å²) < 4.78 is 24.3. The van der Waals surface area contributed by atoms with Crippen LogP contribution in [0.25, 0.3) is 0 Å². The van der Waals surface area contributed by atoms with Gasteiger partial charge in [0.25, 0.3) is 5.91 Å². The highest BCUT2D eigenvalue weighted by atomic mass is 127. The summed E-state index contributed by atoms with van der Waals surface area (Å²) >= 11 is 2.06. The molecule has 0 saturated carbocycles. The summed E-state index contributed by atoms with van der Waals surface area (Å²) in [4.78, 5) is 12.3. The Hall–Kier alpha value is -1.83. The van der Waals surface area contributed by atoms with Gasteiger partial charge in [-0.15, -0.1) is 0 Å². The molecule has 2 aromatic rings. The number of carbonyl (C=O) groups excluding carboxylic acids is 1. The topological polar surface area (TPSA) is 47.6 Å². The zero-order chi connectivity index (χ0) is 16.1. The minimum absolute atomic E-state index is 0.251. The Bertz CT molecular complexity index is 691. The molecule has 6 heteroatoms. The van der Waals surface area contributed by atoms with Crippen LogP contribution in [0.4, 0.5) is 4.39 Å². The molecule has 0 bridgehead atoms. The minimum Gasteiger partial charge on any atom is -0.493 e. The first-order valence-electron chi connectivity index (χ1n) is 6.49. The molecule has 0 aliphatic carbocycles. The molecule has 22 heavy (non-hydrogen) atoms. The maximum atomic E-state index is 13.1. The number of halogens is 2. The number of benzene rings is 2. The second-order valence-corrected chi connectivity index (χ2v) is 5.66. The molecule has 0 radical (unpaired) electrons. The maximum absolute atomic E-state index is 13.1. The van der Waals surface area contributed by atoms with Gasteiger partial charge < -0.3 is 14.8 Å². The molecular weight excluding hydrogens is 400 g/mol. The fourth-order valence-corrected chi connectivity index (χ4v) is 2.64. The smallest absolute Gasteiger partial charge is 0.252 e. The predicted molar refractivity (Wildman–Crippen MR) is 89.8 cm³/mol. The number of methoxy groups -OCH3 is 2.